The largest absolute Gasteiger partial charge is 0.320 e. The van der Waals surface area contributed by atoms with E-state index in [2.05, 4.69) is 17.2 Å². The van der Waals surface area contributed by atoms with Crippen molar-refractivity contribution < 1.29 is 9.59 Å². The van der Waals surface area contributed by atoms with Crippen molar-refractivity contribution in [3.63, 3.8) is 0 Å². The fraction of sp³-hybridized carbons (Fsp3) is 0.0909. The Morgan fingerprint density at radius 3 is 2.87 bits per heavy atom. The van der Waals surface area contributed by atoms with Gasteiger partial charge in [0.15, 0.2) is 0 Å². The smallest absolute Gasteiger partial charge is 0.296 e. The van der Waals surface area contributed by atoms with Crippen LogP contribution in [0.5, 0.6) is 0 Å². The third kappa shape index (κ3) is 1.60. The molecule has 0 spiro atoms. The first-order chi connectivity index (χ1) is 7.22. The van der Waals surface area contributed by atoms with Crippen molar-refractivity contribution in [2.24, 2.45) is 5.73 Å². The first-order valence-corrected chi connectivity index (χ1v) is 4.41. The molecule has 0 atom stereocenters. The predicted octanol–water partition coefficient (Wildman–Crippen LogP) is 0.132. The average Bonchev–Trinajstić information content (AvgIpc) is 2.52. The highest BCUT2D eigenvalue weighted by Crippen LogP contribution is 2.23. The molecule has 1 aromatic rings. The van der Waals surface area contributed by atoms with Crippen LogP contribution in [0.3, 0.4) is 0 Å². The molecule has 1 amide bonds. The molecule has 4 nitrogen and oxygen atoms in total. The fourth-order valence-corrected chi connectivity index (χ4v) is 1.38. The third-order valence-electron chi connectivity index (χ3n) is 2.05. The molecule has 2 rings (SSSR count). The van der Waals surface area contributed by atoms with Crippen LogP contribution in [0.15, 0.2) is 18.2 Å². The second-order valence-electron chi connectivity index (χ2n) is 3.05. The Kier molecular flexibility index (Phi) is 2.24. The Balaban J connectivity index is 2.42. The summed E-state index contributed by atoms with van der Waals surface area (Å²) in [5.74, 6) is 4.44. The standard InChI is InChI=1S/C11H8N2O2/c12-5-1-2-7-3-4-8-9(6-7)13-11(15)10(8)14/h3-4,6H,5,12H2,(H,13,14,15). The Labute approximate surface area is 86.5 Å². The maximum Gasteiger partial charge on any atom is 0.296 e. The van der Waals surface area contributed by atoms with E-state index in [4.69, 9.17) is 5.73 Å². The van der Waals surface area contributed by atoms with E-state index in [1.165, 1.54) is 0 Å². The van der Waals surface area contributed by atoms with Crippen LogP contribution in [0.25, 0.3) is 0 Å². The molecule has 1 aliphatic rings. The summed E-state index contributed by atoms with van der Waals surface area (Å²) in [5.41, 5.74) is 6.89. The lowest BCUT2D eigenvalue weighted by Crippen LogP contribution is -2.12. The maximum atomic E-state index is 11.3. The van der Waals surface area contributed by atoms with Gasteiger partial charge in [-0.3, -0.25) is 9.59 Å². The van der Waals surface area contributed by atoms with Crippen molar-refractivity contribution in [2.45, 2.75) is 0 Å². The number of fused-ring (bicyclic) bond motifs is 1. The molecule has 1 aliphatic heterocycles. The van der Waals surface area contributed by atoms with E-state index in [9.17, 15) is 9.59 Å². The van der Waals surface area contributed by atoms with E-state index < -0.39 is 11.7 Å². The van der Waals surface area contributed by atoms with Crippen LogP contribution in [0.4, 0.5) is 5.69 Å². The van der Waals surface area contributed by atoms with E-state index in [0.717, 1.165) is 5.56 Å². The number of hydrogen-bond donors (Lipinski definition) is 2. The van der Waals surface area contributed by atoms with Crippen molar-refractivity contribution in [1.29, 1.82) is 0 Å². The minimum atomic E-state index is -0.589. The maximum absolute atomic E-state index is 11.3. The van der Waals surface area contributed by atoms with Gasteiger partial charge in [0.2, 0.25) is 0 Å². The van der Waals surface area contributed by atoms with Gasteiger partial charge in [-0.15, -0.1) is 0 Å². The van der Waals surface area contributed by atoms with Crippen molar-refractivity contribution in [3.05, 3.63) is 29.3 Å². The van der Waals surface area contributed by atoms with Gasteiger partial charge in [0.05, 0.1) is 17.8 Å². The summed E-state index contributed by atoms with van der Waals surface area (Å²) in [7, 11) is 0. The summed E-state index contributed by atoms with van der Waals surface area (Å²) in [6.07, 6.45) is 0. The zero-order valence-corrected chi connectivity index (χ0v) is 7.83. The lowest BCUT2D eigenvalue weighted by Gasteiger charge is -1.96. The number of rotatable bonds is 0. The summed E-state index contributed by atoms with van der Waals surface area (Å²) in [5, 5.41) is 2.48. The molecule has 0 aliphatic carbocycles. The van der Waals surface area contributed by atoms with Gasteiger partial charge in [0.1, 0.15) is 0 Å². The summed E-state index contributed by atoms with van der Waals surface area (Å²) in [6.45, 7) is 0.280. The van der Waals surface area contributed by atoms with Crippen LogP contribution in [0, 0.1) is 11.8 Å². The van der Waals surface area contributed by atoms with Gasteiger partial charge in [0.25, 0.3) is 11.7 Å². The Hall–Kier alpha value is -2.12. The van der Waals surface area contributed by atoms with Crippen LogP contribution in [0.1, 0.15) is 15.9 Å². The van der Waals surface area contributed by atoms with E-state index in [-0.39, 0.29) is 6.54 Å². The number of benzene rings is 1. The van der Waals surface area contributed by atoms with Gasteiger partial charge in [-0.25, -0.2) is 0 Å². The minimum absolute atomic E-state index is 0.280. The number of nitrogens with two attached hydrogens (primary N) is 1. The summed E-state index contributed by atoms with van der Waals surface area (Å²) in [4.78, 5) is 22.3. The number of carbonyl (C=O) groups excluding carboxylic acids is 2. The third-order valence-corrected chi connectivity index (χ3v) is 2.05. The first kappa shape index (κ1) is 9.44. The molecule has 15 heavy (non-hydrogen) atoms. The molecule has 4 heteroatoms. The number of hydrogen-bond acceptors (Lipinski definition) is 3. The van der Waals surface area contributed by atoms with Crippen LogP contribution in [-0.4, -0.2) is 18.2 Å². The van der Waals surface area contributed by atoms with Crippen LogP contribution in [0.2, 0.25) is 0 Å². The molecule has 0 saturated heterocycles. The zero-order chi connectivity index (χ0) is 10.8. The number of nitrogens with one attached hydrogen (secondary N) is 1. The Morgan fingerprint density at radius 1 is 1.33 bits per heavy atom. The molecule has 0 saturated carbocycles. The van der Waals surface area contributed by atoms with Gasteiger partial charge in [0, 0.05) is 5.56 Å². The van der Waals surface area contributed by atoms with Gasteiger partial charge in [-0.1, -0.05) is 11.8 Å². The summed E-state index contributed by atoms with van der Waals surface area (Å²) in [6, 6.07) is 4.95. The quantitative estimate of drug-likeness (QED) is 0.462. The first-order valence-electron chi connectivity index (χ1n) is 4.41. The highest BCUT2D eigenvalue weighted by molar-refractivity contribution is 6.51. The van der Waals surface area contributed by atoms with Crippen LogP contribution < -0.4 is 11.1 Å². The lowest BCUT2D eigenvalue weighted by molar-refractivity contribution is -0.112. The lowest BCUT2D eigenvalue weighted by atomic mass is 10.1. The second-order valence-corrected chi connectivity index (χ2v) is 3.05. The van der Waals surface area contributed by atoms with Crippen molar-refractivity contribution in [3.8, 4) is 11.8 Å². The highest BCUT2D eigenvalue weighted by atomic mass is 16.2. The molecular weight excluding hydrogens is 192 g/mol. The molecular formula is C11H8N2O2. The second kappa shape index (κ2) is 3.56. The molecule has 1 heterocycles. The summed E-state index contributed by atoms with van der Waals surface area (Å²) < 4.78 is 0. The van der Waals surface area contributed by atoms with Crippen molar-refractivity contribution in [1.82, 2.24) is 0 Å². The average molecular weight is 200 g/mol. The minimum Gasteiger partial charge on any atom is -0.320 e. The number of Topliss-reactive ketones (excluding diaryl/α,β-unsaturated/α-hetero) is 1. The molecule has 0 radical (unpaired) electrons. The number of amides is 1. The van der Waals surface area contributed by atoms with E-state index in [1.807, 2.05) is 0 Å². The van der Waals surface area contributed by atoms with Crippen LogP contribution >= 0.6 is 0 Å². The predicted molar refractivity (Wildman–Crippen MR) is 55.3 cm³/mol. The number of ketones is 1. The fourth-order valence-electron chi connectivity index (χ4n) is 1.38. The highest BCUT2D eigenvalue weighted by Gasteiger charge is 2.27. The van der Waals surface area contributed by atoms with E-state index in [1.54, 1.807) is 18.2 Å². The molecule has 0 unspecified atom stereocenters. The molecule has 3 N–H and O–H groups in total. The monoisotopic (exact) mass is 200 g/mol. The molecule has 0 bridgehead atoms. The SMILES string of the molecule is NCC#Cc1ccc2c(c1)NC(=O)C2=O. The van der Waals surface area contributed by atoms with Crippen molar-refractivity contribution >= 4 is 17.4 Å². The summed E-state index contributed by atoms with van der Waals surface area (Å²) >= 11 is 0. The number of carbonyl (C=O) groups is 2. The Morgan fingerprint density at radius 2 is 2.13 bits per heavy atom. The normalized spacial score (nSPS) is 12.9. The van der Waals surface area contributed by atoms with Gasteiger partial charge in [-0.2, -0.15) is 0 Å². The van der Waals surface area contributed by atoms with Crippen molar-refractivity contribution in [2.75, 3.05) is 11.9 Å². The van der Waals surface area contributed by atoms with Gasteiger partial charge < -0.3 is 11.1 Å². The Bertz CT molecular complexity index is 509. The molecule has 0 aromatic heterocycles. The molecule has 0 fully saturated rings. The van der Waals surface area contributed by atoms with Gasteiger partial charge in [-0.05, 0) is 18.2 Å². The van der Waals surface area contributed by atoms with E-state index >= 15 is 0 Å². The molecule has 1 aromatic carbocycles. The topological polar surface area (TPSA) is 72.2 Å². The van der Waals surface area contributed by atoms with E-state index in [0.29, 0.717) is 11.3 Å². The zero-order valence-electron chi connectivity index (χ0n) is 7.83. The van der Waals surface area contributed by atoms with Gasteiger partial charge >= 0.3 is 0 Å². The number of anilines is 1. The van der Waals surface area contributed by atoms with Crippen LogP contribution in [-0.2, 0) is 4.79 Å². The molecule has 74 valence electrons.